The number of para-hydroxylation sites is 1. The third-order valence-electron chi connectivity index (χ3n) is 3.41. The van der Waals surface area contributed by atoms with E-state index in [1.54, 1.807) is 6.07 Å². The number of nitrogens with zero attached hydrogens (tertiary/aromatic N) is 1. The second-order valence-electron chi connectivity index (χ2n) is 4.92. The van der Waals surface area contributed by atoms with Crippen LogP contribution in [0.25, 0.3) is 10.9 Å². The first-order valence-electron chi connectivity index (χ1n) is 7.03. The van der Waals surface area contributed by atoms with Crippen molar-refractivity contribution in [3.63, 3.8) is 0 Å². The lowest BCUT2D eigenvalue weighted by molar-refractivity contribution is 0.0463. The van der Waals surface area contributed by atoms with Crippen molar-refractivity contribution in [2.45, 2.75) is 6.61 Å². The maximum absolute atomic E-state index is 13.3. The Morgan fingerprint density at radius 2 is 1.96 bits per heavy atom. The Labute approximate surface area is 132 Å². The van der Waals surface area contributed by atoms with Gasteiger partial charge in [0.2, 0.25) is 0 Å². The van der Waals surface area contributed by atoms with Crippen LogP contribution in [0.4, 0.5) is 4.39 Å². The lowest BCUT2D eigenvalue weighted by atomic mass is 10.2. The molecule has 0 N–H and O–H groups in total. The molecule has 0 atom stereocenters. The second-order valence-corrected chi connectivity index (χ2v) is 4.92. The molecule has 1 heterocycles. The van der Waals surface area contributed by atoms with Crippen molar-refractivity contribution < 1.29 is 18.7 Å². The summed E-state index contributed by atoms with van der Waals surface area (Å²) in [4.78, 5) is 16.4. The van der Waals surface area contributed by atoms with Gasteiger partial charge < -0.3 is 9.47 Å². The summed E-state index contributed by atoms with van der Waals surface area (Å²) in [5.41, 5.74) is 1.38. The number of pyridine rings is 1. The molecule has 0 unspecified atom stereocenters. The zero-order valence-corrected chi connectivity index (χ0v) is 12.5. The summed E-state index contributed by atoms with van der Waals surface area (Å²) in [6.45, 7) is -0.0890. The number of carbonyl (C=O) groups is 1. The molecule has 1 aromatic heterocycles. The molecule has 0 spiro atoms. The van der Waals surface area contributed by atoms with E-state index < -0.39 is 11.8 Å². The maximum Gasteiger partial charge on any atom is 0.357 e. The SMILES string of the molecule is COc1ccc(F)cc1COC(=O)c1ccc2ccccc2n1. The number of carbonyl (C=O) groups excluding carboxylic acids is 1. The van der Waals surface area contributed by atoms with Crippen molar-refractivity contribution in [3.05, 3.63) is 71.7 Å². The van der Waals surface area contributed by atoms with Gasteiger partial charge in [0.15, 0.2) is 0 Å². The monoisotopic (exact) mass is 311 g/mol. The molecule has 5 heteroatoms. The standard InChI is InChI=1S/C18H14FNO3/c1-22-17-9-7-14(19)10-13(17)11-23-18(21)16-8-6-12-4-2-3-5-15(12)20-16/h2-10H,11H2,1H3. The van der Waals surface area contributed by atoms with Crippen molar-refractivity contribution in [1.29, 1.82) is 0 Å². The highest BCUT2D eigenvalue weighted by Gasteiger charge is 2.12. The minimum absolute atomic E-state index is 0.0890. The van der Waals surface area contributed by atoms with E-state index in [0.717, 1.165) is 5.39 Å². The molecule has 0 saturated heterocycles. The van der Waals surface area contributed by atoms with Gasteiger partial charge in [0, 0.05) is 10.9 Å². The van der Waals surface area contributed by atoms with E-state index in [9.17, 15) is 9.18 Å². The van der Waals surface area contributed by atoms with E-state index in [2.05, 4.69) is 4.98 Å². The average Bonchev–Trinajstić information content (AvgIpc) is 2.59. The molecule has 0 aliphatic carbocycles. The molecule has 0 aliphatic rings. The molecule has 0 saturated carbocycles. The van der Waals surface area contributed by atoms with Gasteiger partial charge in [-0.15, -0.1) is 0 Å². The number of ether oxygens (including phenoxy) is 2. The molecule has 3 rings (SSSR count). The maximum atomic E-state index is 13.3. The average molecular weight is 311 g/mol. The van der Waals surface area contributed by atoms with Crippen molar-refractivity contribution >= 4 is 16.9 Å². The van der Waals surface area contributed by atoms with Crippen molar-refractivity contribution in [3.8, 4) is 5.75 Å². The van der Waals surface area contributed by atoms with Crippen LogP contribution in [0.5, 0.6) is 5.75 Å². The number of esters is 1. The predicted molar refractivity (Wildman–Crippen MR) is 83.8 cm³/mol. The normalized spacial score (nSPS) is 10.5. The lowest BCUT2D eigenvalue weighted by Gasteiger charge is -2.09. The minimum Gasteiger partial charge on any atom is -0.496 e. The van der Waals surface area contributed by atoms with E-state index in [-0.39, 0.29) is 12.3 Å². The number of methoxy groups -OCH3 is 1. The minimum atomic E-state index is -0.568. The molecule has 116 valence electrons. The van der Waals surface area contributed by atoms with E-state index in [0.29, 0.717) is 16.8 Å². The fourth-order valence-corrected chi connectivity index (χ4v) is 2.26. The molecule has 0 radical (unpaired) electrons. The zero-order valence-electron chi connectivity index (χ0n) is 12.5. The summed E-state index contributed by atoms with van der Waals surface area (Å²) in [6.07, 6.45) is 0. The second kappa shape index (κ2) is 6.44. The number of hydrogen-bond acceptors (Lipinski definition) is 4. The van der Waals surface area contributed by atoms with Gasteiger partial charge in [-0.05, 0) is 30.3 Å². The first-order valence-corrected chi connectivity index (χ1v) is 7.03. The first-order chi connectivity index (χ1) is 11.2. The van der Waals surface area contributed by atoms with Crippen LogP contribution in [0.1, 0.15) is 16.1 Å². The van der Waals surface area contributed by atoms with Crippen LogP contribution in [0, 0.1) is 5.82 Å². The summed E-state index contributed by atoms with van der Waals surface area (Å²) >= 11 is 0. The van der Waals surface area contributed by atoms with Crippen molar-refractivity contribution in [2.75, 3.05) is 7.11 Å². The largest absolute Gasteiger partial charge is 0.496 e. The Morgan fingerprint density at radius 1 is 1.13 bits per heavy atom. The van der Waals surface area contributed by atoms with Crippen LogP contribution in [0.3, 0.4) is 0 Å². The molecule has 3 aromatic rings. The fourth-order valence-electron chi connectivity index (χ4n) is 2.26. The highest BCUT2D eigenvalue weighted by Crippen LogP contribution is 2.21. The number of halogens is 1. The van der Waals surface area contributed by atoms with Gasteiger partial charge in [0.25, 0.3) is 0 Å². The third kappa shape index (κ3) is 3.29. The smallest absolute Gasteiger partial charge is 0.357 e. The number of aromatic nitrogens is 1. The Hall–Kier alpha value is -2.95. The van der Waals surface area contributed by atoms with Gasteiger partial charge in [-0.1, -0.05) is 24.3 Å². The molecule has 0 amide bonds. The van der Waals surface area contributed by atoms with Gasteiger partial charge in [-0.2, -0.15) is 0 Å². The van der Waals surface area contributed by atoms with E-state index >= 15 is 0 Å². The summed E-state index contributed by atoms with van der Waals surface area (Å²) in [7, 11) is 1.48. The van der Waals surface area contributed by atoms with Crippen LogP contribution >= 0.6 is 0 Å². The van der Waals surface area contributed by atoms with Crippen LogP contribution in [0.2, 0.25) is 0 Å². The Morgan fingerprint density at radius 3 is 2.78 bits per heavy atom. The van der Waals surface area contributed by atoms with E-state index in [1.807, 2.05) is 30.3 Å². The first kappa shape index (κ1) is 15.0. The lowest BCUT2D eigenvalue weighted by Crippen LogP contribution is -2.08. The zero-order chi connectivity index (χ0) is 16.2. The number of fused-ring (bicyclic) bond motifs is 1. The Balaban J connectivity index is 1.77. The van der Waals surface area contributed by atoms with E-state index in [1.165, 1.54) is 25.3 Å². The van der Waals surface area contributed by atoms with Gasteiger partial charge in [-0.3, -0.25) is 0 Å². The molecular formula is C18H14FNO3. The van der Waals surface area contributed by atoms with Gasteiger partial charge in [0.05, 0.1) is 12.6 Å². The molecule has 0 fully saturated rings. The summed E-state index contributed by atoms with van der Waals surface area (Å²) in [5, 5.41) is 0.941. The fraction of sp³-hybridized carbons (Fsp3) is 0.111. The van der Waals surface area contributed by atoms with E-state index in [4.69, 9.17) is 9.47 Å². The third-order valence-corrected chi connectivity index (χ3v) is 3.41. The molecular weight excluding hydrogens is 297 g/mol. The summed E-state index contributed by atoms with van der Waals surface area (Å²) < 4.78 is 23.6. The topological polar surface area (TPSA) is 48.4 Å². The van der Waals surface area contributed by atoms with Crippen molar-refractivity contribution in [1.82, 2.24) is 4.98 Å². The summed E-state index contributed by atoms with van der Waals surface area (Å²) in [6, 6.07) is 15.0. The van der Waals surface area contributed by atoms with Crippen LogP contribution in [-0.4, -0.2) is 18.1 Å². The molecule has 23 heavy (non-hydrogen) atoms. The van der Waals surface area contributed by atoms with Crippen LogP contribution in [0.15, 0.2) is 54.6 Å². The van der Waals surface area contributed by atoms with Crippen molar-refractivity contribution in [2.24, 2.45) is 0 Å². The van der Waals surface area contributed by atoms with Crippen LogP contribution < -0.4 is 4.74 Å². The van der Waals surface area contributed by atoms with Gasteiger partial charge in [0.1, 0.15) is 23.9 Å². The van der Waals surface area contributed by atoms with Crippen LogP contribution in [-0.2, 0) is 11.3 Å². The quantitative estimate of drug-likeness (QED) is 0.689. The number of hydrogen-bond donors (Lipinski definition) is 0. The number of rotatable bonds is 4. The molecule has 2 aromatic carbocycles. The van der Waals surface area contributed by atoms with Gasteiger partial charge in [-0.25, -0.2) is 14.2 Å². The highest BCUT2D eigenvalue weighted by atomic mass is 19.1. The molecule has 0 aliphatic heterocycles. The summed E-state index contributed by atoms with van der Waals surface area (Å²) in [5.74, 6) is -0.520. The Bertz CT molecular complexity index is 864. The number of benzene rings is 2. The van der Waals surface area contributed by atoms with Gasteiger partial charge >= 0.3 is 5.97 Å². The molecule has 4 nitrogen and oxygen atoms in total. The predicted octanol–water partition coefficient (Wildman–Crippen LogP) is 3.74. The Kier molecular flexibility index (Phi) is 4.19. The molecule has 0 bridgehead atoms. The highest BCUT2D eigenvalue weighted by molar-refractivity contribution is 5.91.